The highest BCUT2D eigenvalue weighted by Crippen LogP contribution is 2.32. The number of morpholine rings is 1. The number of hydrogen-bond acceptors (Lipinski definition) is 8. The molecule has 4 aromatic rings. The van der Waals surface area contributed by atoms with Crippen LogP contribution in [-0.2, 0) is 16.8 Å². The molecule has 1 saturated heterocycles. The van der Waals surface area contributed by atoms with Crippen molar-refractivity contribution in [1.29, 1.82) is 0 Å². The molecular formula is C33H36N6O5. The normalized spacial score (nSPS) is 13.4. The molecule has 0 unspecified atom stereocenters. The molecule has 1 aliphatic heterocycles. The number of aromatic amines is 1. The highest BCUT2D eigenvalue weighted by Gasteiger charge is 2.21. The molecule has 1 aliphatic rings. The van der Waals surface area contributed by atoms with Crippen LogP contribution in [0, 0.1) is 6.92 Å². The summed E-state index contributed by atoms with van der Waals surface area (Å²) in [7, 11) is 0. The molecule has 0 bridgehead atoms. The van der Waals surface area contributed by atoms with Crippen LogP contribution in [0.3, 0.4) is 0 Å². The quantitative estimate of drug-likeness (QED) is 0.245. The fourth-order valence-electron chi connectivity index (χ4n) is 5.03. The van der Waals surface area contributed by atoms with Crippen molar-refractivity contribution in [2.24, 2.45) is 0 Å². The summed E-state index contributed by atoms with van der Waals surface area (Å²) in [6, 6.07) is 15.9. The molecule has 2 aromatic heterocycles. The molecule has 0 radical (unpaired) electrons. The maximum atomic E-state index is 13.1. The third-order valence-electron chi connectivity index (χ3n) is 7.64. The van der Waals surface area contributed by atoms with Crippen LogP contribution in [0.2, 0.25) is 0 Å². The van der Waals surface area contributed by atoms with Crippen molar-refractivity contribution < 1.29 is 19.4 Å². The SMILES string of the molecule is Cc1c(-c2cccc(NC(=O)c3ccc(C(C)(C)C)cc3)c2CO)n[nH]c(=O)c1Nc1ccc(C(=O)N2CCOCC2)cn1. The Kier molecular flexibility index (Phi) is 8.88. The number of benzene rings is 2. The number of aromatic nitrogens is 3. The first-order valence-electron chi connectivity index (χ1n) is 14.4. The van der Waals surface area contributed by atoms with Crippen molar-refractivity contribution in [3.63, 3.8) is 0 Å². The van der Waals surface area contributed by atoms with Gasteiger partial charge in [-0.1, -0.05) is 45.0 Å². The van der Waals surface area contributed by atoms with E-state index in [-0.39, 0.29) is 29.5 Å². The molecule has 4 N–H and O–H groups in total. The van der Waals surface area contributed by atoms with Gasteiger partial charge in [-0.2, -0.15) is 5.10 Å². The largest absolute Gasteiger partial charge is 0.392 e. The van der Waals surface area contributed by atoms with E-state index in [0.29, 0.717) is 71.3 Å². The van der Waals surface area contributed by atoms with Crippen molar-refractivity contribution in [3.8, 4) is 11.3 Å². The second kappa shape index (κ2) is 12.8. The molecule has 44 heavy (non-hydrogen) atoms. The summed E-state index contributed by atoms with van der Waals surface area (Å²) >= 11 is 0. The zero-order valence-electron chi connectivity index (χ0n) is 25.2. The van der Waals surface area contributed by atoms with Crippen LogP contribution in [0.5, 0.6) is 0 Å². The van der Waals surface area contributed by atoms with E-state index in [4.69, 9.17) is 4.74 Å². The van der Waals surface area contributed by atoms with E-state index in [2.05, 4.69) is 46.6 Å². The lowest BCUT2D eigenvalue weighted by atomic mass is 9.86. The van der Waals surface area contributed by atoms with Crippen molar-refractivity contribution in [3.05, 3.63) is 99.0 Å². The molecule has 2 amide bonds. The summed E-state index contributed by atoms with van der Waals surface area (Å²) in [5.41, 5.74) is 4.11. The van der Waals surface area contributed by atoms with E-state index < -0.39 is 5.56 Å². The van der Waals surface area contributed by atoms with Gasteiger partial charge in [0.25, 0.3) is 17.4 Å². The average Bonchev–Trinajstić information content (AvgIpc) is 3.03. The van der Waals surface area contributed by atoms with E-state index in [1.807, 2.05) is 12.1 Å². The zero-order chi connectivity index (χ0) is 31.4. The van der Waals surface area contributed by atoms with Gasteiger partial charge in [-0.3, -0.25) is 14.4 Å². The molecular weight excluding hydrogens is 560 g/mol. The fraction of sp³-hybridized carbons (Fsp3) is 0.303. The molecule has 5 rings (SSSR count). The van der Waals surface area contributed by atoms with E-state index >= 15 is 0 Å². The zero-order valence-corrected chi connectivity index (χ0v) is 25.2. The molecule has 0 atom stereocenters. The van der Waals surface area contributed by atoms with Gasteiger partial charge in [-0.25, -0.2) is 10.1 Å². The second-order valence-corrected chi connectivity index (χ2v) is 11.6. The predicted octanol–water partition coefficient (Wildman–Crippen LogP) is 4.40. The van der Waals surface area contributed by atoms with Crippen molar-refractivity contribution in [2.45, 2.75) is 39.7 Å². The van der Waals surface area contributed by atoms with Crippen molar-refractivity contribution in [1.82, 2.24) is 20.1 Å². The van der Waals surface area contributed by atoms with Crippen molar-refractivity contribution >= 4 is 29.0 Å². The van der Waals surface area contributed by atoms with Gasteiger partial charge in [0.15, 0.2) is 0 Å². The molecule has 0 spiro atoms. The van der Waals surface area contributed by atoms with Crippen LogP contribution in [0.15, 0.2) is 65.6 Å². The van der Waals surface area contributed by atoms with E-state index in [9.17, 15) is 19.5 Å². The average molecular weight is 597 g/mol. The Morgan fingerprint density at radius 3 is 2.36 bits per heavy atom. The minimum Gasteiger partial charge on any atom is -0.392 e. The number of ether oxygens (including phenoxy) is 1. The van der Waals surface area contributed by atoms with Crippen LogP contribution < -0.4 is 16.2 Å². The van der Waals surface area contributed by atoms with E-state index in [0.717, 1.165) is 5.56 Å². The smallest absolute Gasteiger partial charge is 0.288 e. The third-order valence-corrected chi connectivity index (χ3v) is 7.64. The summed E-state index contributed by atoms with van der Waals surface area (Å²) in [5.74, 6) is -0.0689. The Balaban J connectivity index is 1.39. The van der Waals surface area contributed by atoms with Crippen LogP contribution in [0.25, 0.3) is 11.3 Å². The monoisotopic (exact) mass is 596 g/mol. The van der Waals surface area contributed by atoms with Crippen LogP contribution >= 0.6 is 0 Å². The molecule has 2 aromatic carbocycles. The lowest BCUT2D eigenvalue weighted by Gasteiger charge is -2.26. The Hall–Kier alpha value is -4.87. The number of rotatable bonds is 7. The van der Waals surface area contributed by atoms with Crippen LogP contribution in [-0.4, -0.2) is 63.3 Å². The Labute approximate surface area is 255 Å². The molecule has 228 valence electrons. The predicted molar refractivity (Wildman–Crippen MR) is 168 cm³/mol. The van der Waals surface area contributed by atoms with Gasteiger partial charge in [0.1, 0.15) is 11.5 Å². The maximum absolute atomic E-state index is 13.1. The van der Waals surface area contributed by atoms with Crippen LogP contribution in [0.4, 0.5) is 17.2 Å². The molecule has 1 fully saturated rings. The van der Waals surface area contributed by atoms with Gasteiger partial charge in [-0.15, -0.1) is 0 Å². The first-order valence-corrected chi connectivity index (χ1v) is 14.4. The minimum atomic E-state index is -0.463. The number of pyridine rings is 1. The van der Waals surface area contributed by atoms with Gasteiger partial charge < -0.3 is 25.4 Å². The summed E-state index contributed by atoms with van der Waals surface area (Å²) in [6.45, 7) is 9.74. The number of aliphatic hydroxyl groups is 1. The number of amides is 2. The number of nitrogens with one attached hydrogen (secondary N) is 3. The number of carbonyl (C=O) groups excluding carboxylic acids is 2. The van der Waals surface area contributed by atoms with Gasteiger partial charge in [0.2, 0.25) is 0 Å². The number of carbonyl (C=O) groups is 2. The number of anilines is 3. The Morgan fingerprint density at radius 1 is 1.02 bits per heavy atom. The summed E-state index contributed by atoms with van der Waals surface area (Å²) in [5, 5.41) is 23.1. The fourth-order valence-corrected chi connectivity index (χ4v) is 5.03. The highest BCUT2D eigenvalue weighted by molar-refractivity contribution is 6.05. The number of aliphatic hydroxyl groups excluding tert-OH is 1. The van der Waals surface area contributed by atoms with Gasteiger partial charge in [0.05, 0.1) is 31.1 Å². The van der Waals surface area contributed by atoms with Gasteiger partial charge >= 0.3 is 0 Å². The molecule has 0 aliphatic carbocycles. The molecule has 0 saturated carbocycles. The molecule has 3 heterocycles. The molecule has 11 heteroatoms. The summed E-state index contributed by atoms with van der Waals surface area (Å²) in [4.78, 5) is 44.8. The standard InChI is InChI=1S/C33H36N6O5/c1-20-28(24-6-5-7-26(25(24)19-40)35-30(41)21-8-11-23(12-9-21)33(2,3)4)37-38-31(42)29(20)36-27-13-10-22(18-34-27)32(43)39-14-16-44-17-15-39/h5-13,18,40H,14-17,19H2,1-4H3,(H,35,41)(H,38,42)(H,34,36,37). The minimum absolute atomic E-state index is 0.0375. The third kappa shape index (κ3) is 6.53. The Bertz CT molecular complexity index is 1720. The summed E-state index contributed by atoms with van der Waals surface area (Å²) < 4.78 is 5.31. The Morgan fingerprint density at radius 2 is 1.73 bits per heavy atom. The van der Waals surface area contributed by atoms with Crippen LogP contribution in [0.1, 0.15) is 58.2 Å². The second-order valence-electron chi connectivity index (χ2n) is 11.6. The molecule has 11 nitrogen and oxygen atoms in total. The van der Waals surface area contributed by atoms with Gasteiger partial charge in [0, 0.05) is 47.2 Å². The van der Waals surface area contributed by atoms with Gasteiger partial charge in [-0.05, 0) is 48.2 Å². The topological polar surface area (TPSA) is 150 Å². The highest BCUT2D eigenvalue weighted by atomic mass is 16.5. The number of nitrogens with zero attached hydrogens (tertiary/aromatic N) is 3. The lowest BCUT2D eigenvalue weighted by molar-refractivity contribution is 0.0302. The first-order chi connectivity index (χ1) is 21.1. The maximum Gasteiger partial charge on any atom is 0.288 e. The lowest BCUT2D eigenvalue weighted by Crippen LogP contribution is -2.40. The first kappa shape index (κ1) is 30.6. The van der Waals surface area contributed by atoms with E-state index in [1.54, 1.807) is 54.3 Å². The number of H-pyrrole nitrogens is 1. The van der Waals surface area contributed by atoms with Crippen molar-refractivity contribution in [2.75, 3.05) is 36.9 Å². The number of hydrogen-bond donors (Lipinski definition) is 4. The summed E-state index contributed by atoms with van der Waals surface area (Å²) in [6.07, 6.45) is 1.47. The van der Waals surface area contributed by atoms with E-state index in [1.165, 1.54) is 6.20 Å².